The number of likely N-dealkylation sites (tertiary alicyclic amines) is 1. The van der Waals surface area contributed by atoms with E-state index in [4.69, 9.17) is 0 Å². The highest BCUT2D eigenvalue weighted by Crippen LogP contribution is 2.29. The van der Waals surface area contributed by atoms with E-state index in [-0.39, 0.29) is 5.91 Å². The SMILES string of the molecule is CN1CCC(NC(=O)C2CC2)C1. The number of rotatable bonds is 2. The van der Waals surface area contributed by atoms with Crippen molar-refractivity contribution in [2.75, 3.05) is 20.1 Å². The minimum atomic E-state index is 0.287. The van der Waals surface area contributed by atoms with E-state index in [2.05, 4.69) is 17.3 Å². The second kappa shape index (κ2) is 3.05. The van der Waals surface area contributed by atoms with E-state index >= 15 is 0 Å². The van der Waals surface area contributed by atoms with Crippen LogP contribution in [0.3, 0.4) is 0 Å². The third kappa shape index (κ3) is 1.78. The highest BCUT2D eigenvalue weighted by atomic mass is 16.2. The van der Waals surface area contributed by atoms with E-state index in [1.165, 1.54) is 0 Å². The first kappa shape index (κ1) is 8.05. The van der Waals surface area contributed by atoms with Crippen molar-refractivity contribution in [3.8, 4) is 0 Å². The summed E-state index contributed by atoms with van der Waals surface area (Å²) in [6.45, 7) is 2.15. The maximum absolute atomic E-state index is 11.3. The predicted octanol–water partition coefficient (Wildman–Crippen LogP) is 0.217. The van der Waals surface area contributed by atoms with Gasteiger partial charge in [0.2, 0.25) is 5.91 Å². The average Bonchev–Trinajstić information content (AvgIpc) is 2.78. The lowest BCUT2D eigenvalue weighted by molar-refractivity contribution is -0.122. The maximum atomic E-state index is 11.3. The zero-order valence-corrected chi connectivity index (χ0v) is 7.55. The summed E-state index contributed by atoms with van der Waals surface area (Å²) in [5.74, 6) is 0.645. The van der Waals surface area contributed by atoms with Gasteiger partial charge >= 0.3 is 0 Å². The van der Waals surface area contributed by atoms with Crippen LogP contribution in [0.4, 0.5) is 0 Å². The Bertz CT molecular complexity index is 189. The van der Waals surface area contributed by atoms with Crippen LogP contribution in [0.2, 0.25) is 0 Å². The molecule has 68 valence electrons. The van der Waals surface area contributed by atoms with Gasteiger partial charge in [-0.2, -0.15) is 0 Å². The van der Waals surface area contributed by atoms with E-state index in [1.807, 2.05) is 0 Å². The molecular weight excluding hydrogens is 152 g/mol. The molecule has 1 atom stereocenters. The predicted molar refractivity (Wildman–Crippen MR) is 46.8 cm³/mol. The van der Waals surface area contributed by atoms with Crippen molar-refractivity contribution in [1.82, 2.24) is 10.2 Å². The molecule has 1 unspecified atom stereocenters. The fourth-order valence-corrected chi connectivity index (χ4v) is 1.72. The van der Waals surface area contributed by atoms with E-state index in [0.717, 1.165) is 32.4 Å². The van der Waals surface area contributed by atoms with Crippen molar-refractivity contribution in [1.29, 1.82) is 0 Å². The van der Waals surface area contributed by atoms with Gasteiger partial charge in [0.05, 0.1) is 0 Å². The van der Waals surface area contributed by atoms with Crippen molar-refractivity contribution < 1.29 is 4.79 Å². The summed E-state index contributed by atoms with van der Waals surface area (Å²) < 4.78 is 0. The molecule has 3 heteroatoms. The summed E-state index contributed by atoms with van der Waals surface area (Å²) in [6, 6.07) is 0.420. The maximum Gasteiger partial charge on any atom is 0.223 e. The van der Waals surface area contributed by atoms with Crippen LogP contribution in [0, 0.1) is 5.92 Å². The largest absolute Gasteiger partial charge is 0.352 e. The van der Waals surface area contributed by atoms with E-state index in [9.17, 15) is 4.79 Å². The van der Waals surface area contributed by atoms with Gasteiger partial charge in [0.25, 0.3) is 0 Å². The Balaban J connectivity index is 1.75. The molecule has 1 amide bonds. The number of hydrogen-bond acceptors (Lipinski definition) is 2. The van der Waals surface area contributed by atoms with Gasteiger partial charge in [0, 0.05) is 18.5 Å². The molecule has 2 aliphatic rings. The van der Waals surface area contributed by atoms with E-state index in [1.54, 1.807) is 0 Å². The van der Waals surface area contributed by atoms with Gasteiger partial charge < -0.3 is 10.2 Å². The second-order valence-electron chi connectivity index (χ2n) is 4.03. The number of carbonyl (C=O) groups is 1. The summed E-state index contributed by atoms with van der Waals surface area (Å²) >= 11 is 0. The van der Waals surface area contributed by atoms with Crippen molar-refractivity contribution >= 4 is 5.91 Å². The smallest absolute Gasteiger partial charge is 0.223 e. The molecule has 0 spiro atoms. The Morgan fingerprint density at radius 2 is 2.17 bits per heavy atom. The van der Waals surface area contributed by atoms with Crippen LogP contribution in [0.5, 0.6) is 0 Å². The van der Waals surface area contributed by atoms with Crippen LogP contribution in [-0.4, -0.2) is 37.0 Å². The van der Waals surface area contributed by atoms with Crippen molar-refractivity contribution in [3.63, 3.8) is 0 Å². The van der Waals surface area contributed by atoms with Crippen LogP contribution in [-0.2, 0) is 4.79 Å². The third-order valence-corrected chi connectivity index (χ3v) is 2.69. The lowest BCUT2D eigenvalue weighted by atomic mass is 10.2. The highest BCUT2D eigenvalue weighted by molar-refractivity contribution is 5.81. The van der Waals surface area contributed by atoms with Crippen LogP contribution in [0.25, 0.3) is 0 Å². The Hall–Kier alpha value is -0.570. The standard InChI is InChI=1S/C9H16N2O/c1-11-5-4-8(6-11)10-9(12)7-2-3-7/h7-8H,2-6H2,1H3,(H,10,12). The second-order valence-corrected chi connectivity index (χ2v) is 4.03. The topological polar surface area (TPSA) is 32.3 Å². The Labute approximate surface area is 73.1 Å². The summed E-state index contributed by atoms with van der Waals surface area (Å²) in [5, 5.41) is 3.09. The van der Waals surface area contributed by atoms with Crippen molar-refractivity contribution in [2.45, 2.75) is 25.3 Å². The molecule has 12 heavy (non-hydrogen) atoms. The Kier molecular flexibility index (Phi) is 2.05. The fourth-order valence-electron chi connectivity index (χ4n) is 1.72. The molecule has 0 bridgehead atoms. The van der Waals surface area contributed by atoms with Gasteiger partial charge in [-0.15, -0.1) is 0 Å². The first-order valence-electron chi connectivity index (χ1n) is 4.74. The van der Waals surface area contributed by atoms with E-state index in [0.29, 0.717) is 12.0 Å². The molecule has 0 aromatic heterocycles. The Morgan fingerprint density at radius 3 is 2.67 bits per heavy atom. The monoisotopic (exact) mass is 168 g/mol. The summed E-state index contributed by atoms with van der Waals surface area (Å²) in [6.07, 6.45) is 3.33. The molecule has 1 N–H and O–H groups in total. The van der Waals surface area contributed by atoms with Crippen molar-refractivity contribution in [2.24, 2.45) is 5.92 Å². The molecule has 0 radical (unpaired) electrons. The summed E-state index contributed by atoms with van der Waals surface area (Å²) in [7, 11) is 2.10. The van der Waals surface area contributed by atoms with Gasteiger partial charge in [-0.3, -0.25) is 4.79 Å². The molecule has 1 heterocycles. The fraction of sp³-hybridized carbons (Fsp3) is 0.889. The van der Waals surface area contributed by atoms with Gasteiger partial charge in [-0.25, -0.2) is 0 Å². The zero-order valence-electron chi connectivity index (χ0n) is 7.55. The quantitative estimate of drug-likeness (QED) is 0.639. The lowest BCUT2D eigenvalue weighted by Gasteiger charge is -2.11. The molecule has 1 aliphatic carbocycles. The van der Waals surface area contributed by atoms with Gasteiger partial charge in [0.15, 0.2) is 0 Å². The number of nitrogens with zero attached hydrogens (tertiary/aromatic N) is 1. The first-order chi connectivity index (χ1) is 5.75. The number of likely N-dealkylation sites (N-methyl/N-ethyl adjacent to an activating group) is 1. The number of nitrogens with one attached hydrogen (secondary N) is 1. The third-order valence-electron chi connectivity index (χ3n) is 2.69. The minimum absolute atomic E-state index is 0.287. The molecule has 3 nitrogen and oxygen atoms in total. The molecule has 2 rings (SSSR count). The van der Waals surface area contributed by atoms with Gasteiger partial charge in [-0.1, -0.05) is 0 Å². The number of hydrogen-bond donors (Lipinski definition) is 1. The molecule has 1 aliphatic heterocycles. The first-order valence-corrected chi connectivity index (χ1v) is 4.74. The van der Waals surface area contributed by atoms with Crippen LogP contribution in [0.1, 0.15) is 19.3 Å². The zero-order chi connectivity index (χ0) is 8.55. The Morgan fingerprint density at radius 1 is 1.42 bits per heavy atom. The molecule has 1 saturated carbocycles. The molecule has 0 aromatic rings. The molecular formula is C9H16N2O. The average molecular weight is 168 g/mol. The molecule has 2 fully saturated rings. The highest BCUT2D eigenvalue weighted by Gasteiger charge is 2.32. The molecule has 0 aromatic carbocycles. The van der Waals surface area contributed by atoms with Crippen LogP contribution in [0.15, 0.2) is 0 Å². The number of amides is 1. The molecule has 1 saturated heterocycles. The summed E-state index contributed by atoms with van der Waals surface area (Å²) in [4.78, 5) is 13.6. The normalized spacial score (nSPS) is 30.6. The summed E-state index contributed by atoms with van der Waals surface area (Å²) in [5.41, 5.74) is 0. The van der Waals surface area contributed by atoms with Crippen LogP contribution >= 0.6 is 0 Å². The number of carbonyl (C=O) groups excluding carboxylic acids is 1. The minimum Gasteiger partial charge on any atom is -0.352 e. The van der Waals surface area contributed by atoms with Gasteiger partial charge in [0.1, 0.15) is 0 Å². The lowest BCUT2D eigenvalue weighted by Crippen LogP contribution is -2.37. The van der Waals surface area contributed by atoms with Crippen LogP contribution < -0.4 is 5.32 Å². The van der Waals surface area contributed by atoms with Gasteiger partial charge in [-0.05, 0) is 32.9 Å². The van der Waals surface area contributed by atoms with E-state index < -0.39 is 0 Å². The van der Waals surface area contributed by atoms with Crippen molar-refractivity contribution in [3.05, 3.63) is 0 Å².